The lowest BCUT2D eigenvalue weighted by Crippen LogP contribution is -2.37. The molecule has 0 radical (unpaired) electrons. The topological polar surface area (TPSA) is 221 Å². The molecule has 0 aliphatic carbocycles. The molecule has 9 N–H and O–H groups in total. The van der Waals surface area contributed by atoms with Gasteiger partial charge in [0.15, 0.2) is 0 Å². The Hall–Kier alpha value is -3.18. The van der Waals surface area contributed by atoms with Crippen LogP contribution in [0.3, 0.4) is 0 Å². The van der Waals surface area contributed by atoms with Gasteiger partial charge < -0.3 is 27.0 Å². The SMILES string of the molecule is N=C(N)CNC(=O)C(=O)O.Nc1n[nH]c(C(=O)O)n1. The maximum absolute atomic E-state index is 10.2. The fourth-order valence-corrected chi connectivity index (χ4v) is 0.622. The second-order valence-electron chi connectivity index (χ2n) is 2.86. The molecule has 0 aliphatic rings. The highest BCUT2D eigenvalue weighted by Gasteiger charge is 2.09. The second kappa shape index (κ2) is 7.21. The summed E-state index contributed by atoms with van der Waals surface area (Å²) in [5, 5.41) is 30.1. The van der Waals surface area contributed by atoms with E-state index in [1.807, 2.05) is 5.32 Å². The van der Waals surface area contributed by atoms with Crippen LogP contribution in [0.15, 0.2) is 0 Å². The molecular formula is C7H11N7O5. The summed E-state index contributed by atoms with van der Waals surface area (Å²) in [6.45, 7) is -0.231. The zero-order chi connectivity index (χ0) is 15.0. The molecule has 1 amide bonds. The molecule has 104 valence electrons. The zero-order valence-electron chi connectivity index (χ0n) is 9.38. The average Bonchev–Trinajstić information content (AvgIpc) is 2.73. The molecule has 1 rings (SSSR count). The Morgan fingerprint density at radius 2 is 1.95 bits per heavy atom. The first-order chi connectivity index (χ1) is 8.73. The minimum absolute atomic E-state index is 0.0626. The van der Waals surface area contributed by atoms with Gasteiger partial charge >= 0.3 is 17.8 Å². The molecule has 1 aromatic rings. The summed E-state index contributed by atoms with van der Waals surface area (Å²) in [5.41, 5.74) is 9.82. The third-order valence-electron chi connectivity index (χ3n) is 1.34. The van der Waals surface area contributed by atoms with Crippen molar-refractivity contribution in [3.63, 3.8) is 0 Å². The van der Waals surface area contributed by atoms with Crippen LogP contribution in [0.4, 0.5) is 5.95 Å². The third kappa shape index (κ3) is 6.88. The molecule has 0 fully saturated rings. The first kappa shape index (κ1) is 15.8. The van der Waals surface area contributed by atoms with Crippen molar-refractivity contribution in [1.82, 2.24) is 20.5 Å². The van der Waals surface area contributed by atoms with Crippen LogP contribution in [0, 0.1) is 5.41 Å². The van der Waals surface area contributed by atoms with Gasteiger partial charge in [-0.05, 0) is 0 Å². The van der Waals surface area contributed by atoms with Crippen molar-refractivity contribution in [2.24, 2.45) is 5.73 Å². The van der Waals surface area contributed by atoms with Gasteiger partial charge in [-0.1, -0.05) is 0 Å². The number of aromatic carboxylic acids is 1. The van der Waals surface area contributed by atoms with E-state index in [0.717, 1.165) is 0 Å². The van der Waals surface area contributed by atoms with Gasteiger partial charge in [0.25, 0.3) is 0 Å². The molecule has 0 bridgehead atoms. The van der Waals surface area contributed by atoms with E-state index in [2.05, 4.69) is 15.2 Å². The van der Waals surface area contributed by atoms with E-state index < -0.39 is 17.8 Å². The van der Waals surface area contributed by atoms with Crippen LogP contribution in [0.2, 0.25) is 0 Å². The Balaban J connectivity index is 0.000000342. The van der Waals surface area contributed by atoms with Gasteiger partial charge in [0.1, 0.15) is 5.84 Å². The standard InChI is InChI=1S/C4H7N3O3.C3H4N4O2/c5-2(6)1-7-3(8)4(9)10;4-3-5-1(2(8)9)6-7-3/h1H2,(H3,5,6)(H,7,8)(H,9,10);(H,8,9)(H3,4,5,6,7). The van der Waals surface area contributed by atoms with Crippen LogP contribution in [0.5, 0.6) is 0 Å². The summed E-state index contributed by atoms with van der Waals surface area (Å²) < 4.78 is 0. The second-order valence-corrected chi connectivity index (χ2v) is 2.86. The molecule has 1 heterocycles. The van der Waals surface area contributed by atoms with Crippen LogP contribution in [-0.2, 0) is 9.59 Å². The minimum atomic E-state index is -1.58. The predicted molar refractivity (Wildman–Crippen MR) is 60.3 cm³/mol. The van der Waals surface area contributed by atoms with E-state index in [1.165, 1.54) is 0 Å². The van der Waals surface area contributed by atoms with Crippen molar-refractivity contribution < 1.29 is 24.6 Å². The number of carboxylic acid groups (broad SMARTS) is 2. The molecule has 12 nitrogen and oxygen atoms in total. The van der Waals surface area contributed by atoms with E-state index >= 15 is 0 Å². The number of carboxylic acids is 2. The fourth-order valence-electron chi connectivity index (χ4n) is 0.622. The number of nitrogens with two attached hydrogens (primary N) is 2. The number of nitrogens with zero attached hydrogens (tertiary/aromatic N) is 2. The smallest absolute Gasteiger partial charge is 0.394 e. The number of anilines is 1. The fraction of sp³-hybridized carbons (Fsp3) is 0.143. The van der Waals surface area contributed by atoms with Gasteiger partial charge in [-0.25, -0.2) is 9.59 Å². The number of amides is 1. The molecule has 0 saturated carbocycles. The average molecular weight is 273 g/mol. The Kier molecular flexibility index (Phi) is 6.00. The van der Waals surface area contributed by atoms with Gasteiger partial charge in [0, 0.05) is 0 Å². The van der Waals surface area contributed by atoms with E-state index in [4.69, 9.17) is 27.1 Å². The summed E-state index contributed by atoms with van der Waals surface area (Å²) >= 11 is 0. The Bertz CT molecular complexity index is 496. The Morgan fingerprint density at radius 1 is 1.37 bits per heavy atom. The van der Waals surface area contributed by atoms with Crippen LogP contribution in [0.1, 0.15) is 10.6 Å². The van der Waals surface area contributed by atoms with Gasteiger partial charge in [0.05, 0.1) is 6.54 Å². The number of amidine groups is 1. The summed E-state index contributed by atoms with van der Waals surface area (Å²) in [5.74, 6) is -4.50. The number of aliphatic carboxylic acids is 1. The molecule has 0 aromatic carbocycles. The number of aromatic amines is 1. The van der Waals surface area contributed by atoms with Crippen molar-refractivity contribution in [2.75, 3.05) is 12.3 Å². The highest BCUT2D eigenvalue weighted by Crippen LogP contribution is 1.90. The molecule has 0 spiro atoms. The van der Waals surface area contributed by atoms with Crippen molar-refractivity contribution in [1.29, 1.82) is 5.41 Å². The van der Waals surface area contributed by atoms with Crippen LogP contribution >= 0.6 is 0 Å². The number of nitrogens with one attached hydrogen (secondary N) is 3. The van der Waals surface area contributed by atoms with Crippen LogP contribution < -0.4 is 16.8 Å². The number of aromatic nitrogens is 3. The molecule has 19 heavy (non-hydrogen) atoms. The van der Waals surface area contributed by atoms with Gasteiger partial charge in [0.2, 0.25) is 11.8 Å². The predicted octanol–water partition coefficient (Wildman–Crippen LogP) is -2.79. The van der Waals surface area contributed by atoms with Crippen LogP contribution in [0.25, 0.3) is 0 Å². The third-order valence-corrected chi connectivity index (χ3v) is 1.34. The summed E-state index contributed by atoms with van der Waals surface area (Å²) in [6.07, 6.45) is 0. The largest absolute Gasteiger partial charge is 0.475 e. The van der Waals surface area contributed by atoms with Crippen molar-refractivity contribution in [3.8, 4) is 0 Å². The number of carbonyl (C=O) groups is 3. The van der Waals surface area contributed by atoms with Crippen molar-refractivity contribution in [2.45, 2.75) is 0 Å². The number of hydrogen-bond acceptors (Lipinski definition) is 7. The normalized spacial score (nSPS) is 8.84. The highest BCUT2D eigenvalue weighted by atomic mass is 16.4. The minimum Gasteiger partial charge on any atom is -0.475 e. The molecule has 0 aliphatic heterocycles. The van der Waals surface area contributed by atoms with Crippen LogP contribution in [-0.4, -0.2) is 55.6 Å². The Labute approximate surface area is 105 Å². The molecular weight excluding hydrogens is 262 g/mol. The highest BCUT2D eigenvalue weighted by molar-refractivity contribution is 6.31. The van der Waals surface area contributed by atoms with E-state index in [0.29, 0.717) is 0 Å². The molecule has 0 unspecified atom stereocenters. The molecule has 12 heteroatoms. The summed E-state index contributed by atoms with van der Waals surface area (Å²) in [7, 11) is 0. The molecule has 1 aromatic heterocycles. The van der Waals surface area contributed by atoms with Gasteiger partial charge in [-0.2, -0.15) is 4.98 Å². The van der Waals surface area contributed by atoms with Crippen molar-refractivity contribution >= 4 is 29.6 Å². The summed E-state index contributed by atoms with van der Waals surface area (Å²) in [4.78, 5) is 33.3. The lowest BCUT2D eigenvalue weighted by atomic mass is 10.5. The number of hydrogen-bond donors (Lipinski definition) is 7. The van der Waals surface area contributed by atoms with Gasteiger partial charge in [-0.15, -0.1) is 5.10 Å². The monoisotopic (exact) mass is 273 g/mol. The first-order valence-corrected chi connectivity index (χ1v) is 4.49. The van der Waals surface area contributed by atoms with Gasteiger partial charge in [-0.3, -0.25) is 15.3 Å². The Morgan fingerprint density at radius 3 is 2.21 bits per heavy atom. The number of nitrogen functional groups attached to an aromatic ring is 1. The number of rotatable bonds is 3. The maximum atomic E-state index is 10.2. The first-order valence-electron chi connectivity index (χ1n) is 4.49. The van der Waals surface area contributed by atoms with E-state index in [-0.39, 0.29) is 24.2 Å². The summed E-state index contributed by atoms with van der Waals surface area (Å²) in [6, 6.07) is 0. The van der Waals surface area contributed by atoms with E-state index in [9.17, 15) is 14.4 Å². The van der Waals surface area contributed by atoms with Crippen molar-refractivity contribution in [3.05, 3.63) is 5.82 Å². The number of carbonyl (C=O) groups excluding carboxylic acids is 1. The lowest BCUT2D eigenvalue weighted by molar-refractivity contribution is -0.150. The zero-order valence-corrected chi connectivity index (χ0v) is 9.38. The quantitative estimate of drug-likeness (QED) is 0.171. The molecule has 0 atom stereocenters. The molecule has 0 saturated heterocycles. The lowest BCUT2D eigenvalue weighted by Gasteiger charge is -1.97. The van der Waals surface area contributed by atoms with E-state index in [1.54, 1.807) is 0 Å². The number of H-pyrrole nitrogens is 1. The maximum Gasteiger partial charge on any atom is 0.394 e.